The molecular formula is C18H33F3N4O2S. The van der Waals surface area contributed by atoms with Crippen molar-refractivity contribution in [1.82, 2.24) is 14.9 Å². The summed E-state index contributed by atoms with van der Waals surface area (Å²) in [4.78, 5) is 4.20. The van der Waals surface area contributed by atoms with Gasteiger partial charge in [-0.2, -0.15) is 17.5 Å². The number of rotatable bonds is 6. The number of halogens is 3. The highest BCUT2D eigenvalue weighted by Gasteiger charge is 2.50. The van der Waals surface area contributed by atoms with Gasteiger partial charge in [0.2, 0.25) is 0 Å². The summed E-state index contributed by atoms with van der Waals surface area (Å²) >= 11 is 0. The molecule has 0 amide bonds. The molecule has 1 heterocycles. The number of nitrogens with zero attached hydrogens (tertiary/aromatic N) is 2. The van der Waals surface area contributed by atoms with Crippen molar-refractivity contribution in [1.29, 1.82) is 0 Å². The van der Waals surface area contributed by atoms with Crippen molar-refractivity contribution in [3.8, 4) is 0 Å². The monoisotopic (exact) mass is 426 g/mol. The summed E-state index contributed by atoms with van der Waals surface area (Å²) in [6.07, 6.45) is 7.12. The summed E-state index contributed by atoms with van der Waals surface area (Å²) < 4.78 is 61.3. The van der Waals surface area contributed by atoms with Crippen LogP contribution < -0.4 is 10.6 Å². The lowest BCUT2D eigenvalue weighted by Crippen LogP contribution is -2.47. The first-order valence-corrected chi connectivity index (χ1v) is 11.6. The fraction of sp³-hybridized carbons (Fsp3) is 0.944. The Morgan fingerprint density at radius 1 is 1.11 bits per heavy atom. The molecule has 28 heavy (non-hydrogen) atoms. The lowest BCUT2D eigenvalue weighted by Gasteiger charge is -2.31. The fourth-order valence-electron chi connectivity index (χ4n) is 4.18. The third-order valence-corrected chi connectivity index (χ3v) is 7.51. The van der Waals surface area contributed by atoms with Crippen molar-refractivity contribution in [3.05, 3.63) is 0 Å². The molecule has 0 bridgehead atoms. The van der Waals surface area contributed by atoms with Crippen LogP contribution in [0.3, 0.4) is 0 Å². The van der Waals surface area contributed by atoms with Crippen molar-refractivity contribution in [2.75, 3.05) is 33.2 Å². The second-order valence-corrected chi connectivity index (χ2v) is 10.0. The van der Waals surface area contributed by atoms with Gasteiger partial charge in [0, 0.05) is 33.2 Å². The molecule has 1 aliphatic carbocycles. The highest BCUT2D eigenvalue weighted by atomic mass is 32.2. The maximum absolute atomic E-state index is 12.6. The predicted octanol–water partition coefficient (Wildman–Crippen LogP) is 2.93. The summed E-state index contributed by atoms with van der Waals surface area (Å²) in [7, 11) is -3.52. The molecule has 2 unspecified atom stereocenters. The Morgan fingerprint density at radius 3 is 2.36 bits per heavy atom. The largest absolute Gasteiger partial charge is 0.511 e. The highest BCUT2D eigenvalue weighted by molar-refractivity contribution is 7.90. The van der Waals surface area contributed by atoms with Crippen LogP contribution in [0.1, 0.15) is 51.9 Å². The average Bonchev–Trinajstić information content (AvgIpc) is 2.64. The smallest absolute Gasteiger partial charge is 0.356 e. The second kappa shape index (κ2) is 10.1. The van der Waals surface area contributed by atoms with Gasteiger partial charge in [-0.1, -0.05) is 26.2 Å². The maximum atomic E-state index is 12.6. The Bertz CT molecular complexity index is 617. The minimum Gasteiger partial charge on any atom is -0.356 e. The molecule has 0 aromatic carbocycles. The average molecular weight is 427 g/mol. The summed E-state index contributed by atoms with van der Waals surface area (Å²) in [6.45, 7) is 3.53. The van der Waals surface area contributed by atoms with Crippen molar-refractivity contribution in [2.24, 2.45) is 22.7 Å². The van der Waals surface area contributed by atoms with E-state index in [1.54, 1.807) is 7.05 Å². The van der Waals surface area contributed by atoms with Gasteiger partial charge in [-0.3, -0.25) is 4.99 Å². The molecule has 0 radical (unpaired) electrons. The lowest BCUT2D eigenvalue weighted by atomic mass is 9.81. The molecule has 2 fully saturated rings. The van der Waals surface area contributed by atoms with Crippen molar-refractivity contribution in [2.45, 2.75) is 57.4 Å². The number of aliphatic imine (C=N–C) groups is 1. The first kappa shape index (κ1) is 23.3. The summed E-state index contributed by atoms with van der Waals surface area (Å²) in [5.41, 5.74) is -5.22. The molecule has 6 nitrogen and oxygen atoms in total. The maximum Gasteiger partial charge on any atom is 0.511 e. The van der Waals surface area contributed by atoms with E-state index in [0.29, 0.717) is 29.7 Å². The first-order chi connectivity index (χ1) is 13.1. The molecule has 2 atom stereocenters. The highest BCUT2D eigenvalue weighted by Crippen LogP contribution is 2.31. The predicted molar refractivity (Wildman–Crippen MR) is 104 cm³/mol. The van der Waals surface area contributed by atoms with Crippen LogP contribution in [0.5, 0.6) is 0 Å². The van der Waals surface area contributed by atoms with E-state index in [0.717, 1.165) is 24.8 Å². The fourth-order valence-corrected chi connectivity index (χ4v) is 5.16. The van der Waals surface area contributed by atoms with E-state index in [-0.39, 0.29) is 19.0 Å². The zero-order chi connectivity index (χ0) is 20.8. The Labute approximate surface area is 166 Å². The van der Waals surface area contributed by atoms with Crippen LogP contribution in [0.25, 0.3) is 0 Å². The van der Waals surface area contributed by atoms with E-state index in [4.69, 9.17) is 0 Å². The van der Waals surface area contributed by atoms with Gasteiger partial charge >= 0.3 is 15.5 Å². The molecule has 1 saturated carbocycles. The number of sulfonamides is 1. The van der Waals surface area contributed by atoms with E-state index in [1.807, 2.05) is 0 Å². The SMILES string of the molecule is CN=C(NCCC1CCCC(C)C1)NCC1CCN(S(=O)(=O)C(F)(F)F)CC1. The van der Waals surface area contributed by atoms with Gasteiger partial charge in [-0.05, 0) is 43.4 Å². The van der Waals surface area contributed by atoms with Gasteiger partial charge in [0.25, 0.3) is 0 Å². The Balaban J connectivity index is 1.67. The van der Waals surface area contributed by atoms with E-state index < -0.39 is 15.5 Å². The minimum absolute atomic E-state index is 0.0971. The topological polar surface area (TPSA) is 73.8 Å². The number of alkyl halides is 3. The van der Waals surface area contributed by atoms with Crippen molar-refractivity contribution in [3.63, 3.8) is 0 Å². The van der Waals surface area contributed by atoms with Gasteiger partial charge in [0.05, 0.1) is 0 Å². The molecule has 0 aromatic heterocycles. The molecule has 10 heteroatoms. The molecule has 0 spiro atoms. The molecule has 2 aliphatic rings. The third-order valence-electron chi connectivity index (χ3n) is 5.88. The zero-order valence-electron chi connectivity index (χ0n) is 16.8. The Kier molecular flexibility index (Phi) is 8.42. The van der Waals surface area contributed by atoms with E-state index in [1.165, 1.54) is 25.7 Å². The number of nitrogens with one attached hydrogen (secondary N) is 2. The van der Waals surface area contributed by atoms with Crippen LogP contribution >= 0.6 is 0 Å². The summed E-state index contributed by atoms with van der Waals surface area (Å²) in [6, 6.07) is 0. The molecule has 1 aliphatic heterocycles. The lowest BCUT2D eigenvalue weighted by molar-refractivity contribution is -0.0496. The van der Waals surface area contributed by atoms with Crippen LogP contribution in [-0.2, 0) is 10.0 Å². The molecule has 2 N–H and O–H groups in total. The number of hydrogen-bond acceptors (Lipinski definition) is 3. The van der Waals surface area contributed by atoms with Crippen molar-refractivity contribution < 1.29 is 21.6 Å². The molecular weight excluding hydrogens is 393 g/mol. The van der Waals surface area contributed by atoms with Crippen LogP contribution in [-0.4, -0.2) is 57.4 Å². The second-order valence-electron chi connectivity index (χ2n) is 8.10. The standard InChI is InChI=1S/C18H33F3N4O2S/c1-14-4-3-5-15(12-14)6-9-23-17(22-2)24-13-16-7-10-25(11-8-16)28(26,27)18(19,20)21/h14-16H,3-13H2,1-2H3,(H2,22,23,24). The van der Waals surface area contributed by atoms with Gasteiger partial charge in [0.1, 0.15) is 0 Å². The van der Waals surface area contributed by atoms with E-state index in [9.17, 15) is 21.6 Å². The first-order valence-electron chi connectivity index (χ1n) is 10.1. The summed E-state index contributed by atoms with van der Waals surface area (Å²) in [5.74, 6) is 2.38. The number of guanidine groups is 1. The molecule has 2 rings (SSSR count). The number of piperidine rings is 1. The summed E-state index contributed by atoms with van der Waals surface area (Å²) in [5, 5.41) is 6.53. The van der Waals surface area contributed by atoms with Crippen molar-refractivity contribution >= 4 is 16.0 Å². The number of hydrogen-bond donors (Lipinski definition) is 2. The normalized spacial score (nSPS) is 26.2. The van der Waals surface area contributed by atoms with Crippen LogP contribution in [0.2, 0.25) is 0 Å². The van der Waals surface area contributed by atoms with E-state index >= 15 is 0 Å². The van der Waals surface area contributed by atoms with Crippen LogP contribution in [0, 0.1) is 17.8 Å². The van der Waals surface area contributed by atoms with Gasteiger partial charge < -0.3 is 10.6 Å². The quantitative estimate of drug-likeness (QED) is 0.506. The Morgan fingerprint density at radius 2 is 1.79 bits per heavy atom. The van der Waals surface area contributed by atoms with E-state index in [2.05, 4.69) is 22.5 Å². The van der Waals surface area contributed by atoms with Crippen LogP contribution in [0.4, 0.5) is 13.2 Å². The Hall–Kier alpha value is -1.03. The van der Waals surface area contributed by atoms with Crippen LogP contribution in [0.15, 0.2) is 4.99 Å². The third kappa shape index (κ3) is 6.50. The van der Waals surface area contributed by atoms with Gasteiger partial charge in [-0.15, -0.1) is 0 Å². The zero-order valence-corrected chi connectivity index (χ0v) is 17.6. The molecule has 164 valence electrons. The van der Waals surface area contributed by atoms with Gasteiger partial charge in [-0.25, -0.2) is 8.42 Å². The molecule has 1 saturated heterocycles. The minimum atomic E-state index is -5.22. The van der Waals surface area contributed by atoms with Gasteiger partial charge in [0.15, 0.2) is 5.96 Å². The molecule has 0 aromatic rings.